The fourth-order valence-electron chi connectivity index (χ4n) is 4.17. The molecule has 3 heterocycles. The van der Waals surface area contributed by atoms with Crippen molar-refractivity contribution in [1.82, 2.24) is 14.9 Å². The third-order valence-electron chi connectivity index (χ3n) is 5.62. The lowest BCUT2D eigenvalue weighted by Crippen LogP contribution is -2.30. The van der Waals surface area contributed by atoms with Gasteiger partial charge in [0.15, 0.2) is 5.11 Å². The van der Waals surface area contributed by atoms with Gasteiger partial charge in [0.05, 0.1) is 18.8 Å². The smallest absolute Gasteiger partial charge is 0.174 e. The molecule has 0 bridgehead atoms. The molecule has 0 spiro atoms. The van der Waals surface area contributed by atoms with Gasteiger partial charge >= 0.3 is 0 Å². The van der Waals surface area contributed by atoms with Gasteiger partial charge in [0, 0.05) is 29.5 Å². The number of hydrogen-bond acceptors (Lipinski definition) is 3. The van der Waals surface area contributed by atoms with Gasteiger partial charge < -0.3 is 19.5 Å². The molecule has 2 atom stereocenters. The van der Waals surface area contributed by atoms with E-state index in [0.717, 1.165) is 28.5 Å². The molecule has 7 heteroatoms. The molecule has 1 saturated heterocycles. The largest absolute Gasteiger partial charge is 0.497 e. The molecule has 0 amide bonds. The van der Waals surface area contributed by atoms with Gasteiger partial charge in [0.1, 0.15) is 17.6 Å². The summed E-state index contributed by atoms with van der Waals surface area (Å²) >= 11 is 5.78. The molecule has 1 aliphatic heterocycles. The standard InChI is InChI=1S/C25H21FN4OS/c1-31-20-12-10-18(11-13-20)30-24(23(28-25(30)32)21-8-2-3-14-27-21)22-9-5-15-29(22)19-7-4-6-17(26)16-19/h2-16,23-24H,1H3,(H,28,32)/t23-,24-/m1/s1. The zero-order chi connectivity index (χ0) is 22.1. The first-order valence-electron chi connectivity index (χ1n) is 10.2. The number of methoxy groups -OCH3 is 1. The average Bonchev–Trinajstić information content (AvgIpc) is 3.44. The molecule has 5 rings (SSSR count). The second kappa shape index (κ2) is 8.43. The molecule has 1 fully saturated rings. The molecule has 160 valence electrons. The number of nitrogens with zero attached hydrogens (tertiary/aromatic N) is 3. The first-order chi connectivity index (χ1) is 15.7. The highest BCUT2D eigenvalue weighted by atomic mass is 32.1. The molecule has 1 N–H and O–H groups in total. The quantitative estimate of drug-likeness (QED) is 0.429. The highest BCUT2D eigenvalue weighted by Crippen LogP contribution is 2.42. The van der Waals surface area contributed by atoms with E-state index in [4.69, 9.17) is 17.0 Å². The van der Waals surface area contributed by atoms with Crippen molar-refractivity contribution in [2.45, 2.75) is 12.1 Å². The van der Waals surface area contributed by atoms with Crippen molar-refractivity contribution in [3.63, 3.8) is 0 Å². The molecule has 1 aliphatic rings. The van der Waals surface area contributed by atoms with Gasteiger partial charge in [0.25, 0.3) is 0 Å². The zero-order valence-electron chi connectivity index (χ0n) is 17.4. The highest BCUT2D eigenvalue weighted by molar-refractivity contribution is 7.80. The predicted octanol–water partition coefficient (Wildman–Crippen LogP) is 5.20. The van der Waals surface area contributed by atoms with Crippen molar-refractivity contribution in [2.24, 2.45) is 0 Å². The number of nitrogens with one attached hydrogen (secondary N) is 1. The number of rotatable bonds is 5. The van der Waals surface area contributed by atoms with Crippen LogP contribution in [0.5, 0.6) is 5.75 Å². The number of halogens is 1. The van der Waals surface area contributed by atoms with Crippen LogP contribution < -0.4 is 15.0 Å². The predicted molar refractivity (Wildman–Crippen MR) is 127 cm³/mol. The first kappa shape index (κ1) is 20.2. The number of pyridine rings is 1. The third-order valence-corrected chi connectivity index (χ3v) is 5.93. The van der Waals surface area contributed by atoms with Crippen molar-refractivity contribution in [1.29, 1.82) is 0 Å². The maximum absolute atomic E-state index is 14.0. The summed E-state index contributed by atoms with van der Waals surface area (Å²) < 4.78 is 21.3. The van der Waals surface area contributed by atoms with Crippen LogP contribution in [-0.2, 0) is 0 Å². The van der Waals surface area contributed by atoms with E-state index in [-0.39, 0.29) is 17.9 Å². The van der Waals surface area contributed by atoms with Gasteiger partial charge in [-0.3, -0.25) is 4.98 Å². The van der Waals surface area contributed by atoms with Crippen LogP contribution in [0.2, 0.25) is 0 Å². The van der Waals surface area contributed by atoms with Crippen LogP contribution in [-0.4, -0.2) is 21.8 Å². The Hall–Kier alpha value is -3.71. The monoisotopic (exact) mass is 444 g/mol. The van der Waals surface area contributed by atoms with Crippen LogP contribution in [0, 0.1) is 5.82 Å². The van der Waals surface area contributed by atoms with E-state index in [0.29, 0.717) is 5.11 Å². The van der Waals surface area contributed by atoms with Crippen LogP contribution in [0.3, 0.4) is 0 Å². The molecule has 0 saturated carbocycles. The number of benzene rings is 2. The molecule has 2 aromatic carbocycles. The lowest BCUT2D eigenvalue weighted by molar-refractivity contribution is 0.415. The summed E-state index contributed by atoms with van der Waals surface area (Å²) in [6.07, 6.45) is 3.71. The van der Waals surface area contributed by atoms with E-state index in [1.807, 2.05) is 71.4 Å². The summed E-state index contributed by atoms with van der Waals surface area (Å²) in [4.78, 5) is 6.67. The normalized spacial score (nSPS) is 17.9. The Morgan fingerprint density at radius 1 is 0.969 bits per heavy atom. The Kier molecular flexibility index (Phi) is 5.33. The Labute approximate surface area is 191 Å². The topological polar surface area (TPSA) is 42.3 Å². The van der Waals surface area contributed by atoms with Crippen molar-refractivity contribution in [2.75, 3.05) is 12.0 Å². The number of anilines is 1. The third kappa shape index (κ3) is 3.61. The molecule has 4 aromatic rings. The molecular weight excluding hydrogens is 423 g/mol. The molecule has 2 aromatic heterocycles. The number of ether oxygens (including phenoxy) is 1. The van der Waals surface area contributed by atoms with Gasteiger partial charge in [0.2, 0.25) is 0 Å². The van der Waals surface area contributed by atoms with E-state index >= 15 is 0 Å². The SMILES string of the molecule is COc1ccc(N2C(=S)N[C@H](c3ccccn3)[C@H]2c2cccn2-c2cccc(F)c2)cc1. The summed E-state index contributed by atoms with van der Waals surface area (Å²) in [6.45, 7) is 0. The second-order valence-corrected chi connectivity index (χ2v) is 7.86. The van der Waals surface area contributed by atoms with Crippen LogP contribution in [0.4, 0.5) is 10.1 Å². The molecular formula is C25H21FN4OS. The van der Waals surface area contributed by atoms with Crippen LogP contribution in [0.25, 0.3) is 5.69 Å². The van der Waals surface area contributed by atoms with E-state index < -0.39 is 0 Å². The fourth-order valence-corrected chi connectivity index (χ4v) is 4.52. The first-order valence-corrected chi connectivity index (χ1v) is 10.6. The summed E-state index contributed by atoms with van der Waals surface area (Å²) in [5.74, 6) is 0.489. The fraction of sp³-hybridized carbons (Fsp3) is 0.120. The molecule has 32 heavy (non-hydrogen) atoms. The lowest BCUT2D eigenvalue weighted by Gasteiger charge is -2.29. The lowest BCUT2D eigenvalue weighted by atomic mass is 10.0. The molecule has 0 radical (unpaired) electrons. The van der Waals surface area contributed by atoms with Crippen molar-refractivity contribution in [3.05, 3.63) is 108 Å². The van der Waals surface area contributed by atoms with Crippen LogP contribution >= 0.6 is 12.2 Å². The van der Waals surface area contributed by atoms with Gasteiger partial charge in [-0.15, -0.1) is 0 Å². The van der Waals surface area contributed by atoms with Crippen LogP contribution in [0.1, 0.15) is 23.5 Å². The van der Waals surface area contributed by atoms with Gasteiger partial charge in [-0.2, -0.15) is 0 Å². The number of aromatic nitrogens is 2. The summed E-state index contributed by atoms with van der Waals surface area (Å²) in [6, 6.07) is 23.8. The van der Waals surface area contributed by atoms with Crippen molar-refractivity contribution < 1.29 is 9.13 Å². The highest BCUT2D eigenvalue weighted by Gasteiger charge is 2.42. The van der Waals surface area contributed by atoms with E-state index in [9.17, 15) is 4.39 Å². The minimum atomic E-state index is -0.282. The Morgan fingerprint density at radius 3 is 2.53 bits per heavy atom. The van der Waals surface area contributed by atoms with Crippen LogP contribution in [0.15, 0.2) is 91.3 Å². The van der Waals surface area contributed by atoms with Crippen molar-refractivity contribution >= 4 is 23.0 Å². The minimum Gasteiger partial charge on any atom is -0.497 e. The van der Waals surface area contributed by atoms with Gasteiger partial charge in [-0.1, -0.05) is 12.1 Å². The minimum absolute atomic E-state index is 0.187. The number of hydrogen-bond donors (Lipinski definition) is 1. The Balaban J connectivity index is 1.65. The van der Waals surface area contributed by atoms with Gasteiger partial charge in [-0.25, -0.2) is 4.39 Å². The summed E-state index contributed by atoms with van der Waals surface area (Å²) in [5, 5.41) is 4.05. The van der Waals surface area contributed by atoms with Gasteiger partial charge in [-0.05, 0) is 78.9 Å². The molecule has 0 aliphatic carbocycles. The van der Waals surface area contributed by atoms with E-state index in [2.05, 4.69) is 15.2 Å². The maximum Gasteiger partial charge on any atom is 0.174 e. The van der Waals surface area contributed by atoms with E-state index in [1.165, 1.54) is 12.1 Å². The summed E-state index contributed by atoms with van der Waals surface area (Å²) in [7, 11) is 1.64. The number of thiocarbonyl (C=S) groups is 1. The van der Waals surface area contributed by atoms with E-state index in [1.54, 1.807) is 19.4 Å². The average molecular weight is 445 g/mol. The Bertz CT molecular complexity index is 1240. The maximum atomic E-state index is 14.0. The zero-order valence-corrected chi connectivity index (χ0v) is 18.2. The summed E-state index contributed by atoms with van der Waals surface area (Å²) in [5.41, 5.74) is 3.52. The Morgan fingerprint density at radius 2 is 1.81 bits per heavy atom. The molecule has 5 nitrogen and oxygen atoms in total. The molecule has 0 unspecified atom stereocenters. The second-order valence-electron chi connectivity index (χ2n) is 7.48. The van der Waals surface area contributed by atoms with Crippen molar-refractivity contribution in [3.8, 4) is 11.4 Å².